The highest BCUT2D eigenvalue weighted by Gasteiger charge is 2.43. The van der Waals surface area contributed by atoms with Gasteiger partial charge in [-0.3, -0.25) is 9.59 Å². The Kier molecular flexibility index (Phi) is 9.50. The summed E-state index contributed by atoms with van der Waals surface area (Å²) < 4.78 is 27.9. The van der Waals surface area contributed by atoms with Gasteiger partial charge in [-0.2, -0.15) is 18.1 Å². The Morgan fingerprint density at radius 2 is 1.15 bits per heavy atom. The number of rotatable bonds is 12. The van der Waals surface area contributed by atoms with Crippen LogP contribution in [0, 0.1) is 11.6 Å². The van der Waals surface area contributed by atoms with Gasteiger partial charge in [-0.1, -0.05) is 11.6 Å². The van der Waals surface area contributed by atoms with Crippen molar-refractivity contribution in [2.45, 2.75) is 0 Å². The average molecular weight is 605 g/mol. The molecule has 0 saturated heterocycles. The Morgan fingerprint density at radius 1 is 0.732 bits per heavy atom. The quantitative estimate of drug-likeness (QED) is 0.101. The molecule has 226 valence electrons. The molecule has 0 fully saturated rings. The Bertz CT molecular complexity index is 1360. The number of phenolic OH excluding ortho intramolecular Hbond substituents is 2. The number of benzene rings is 2. The minimum atomic E-state index is -1.92. The molecule has 2 aromatic carbocycles. The van der Waals surface area contributed by atoms with E-state index >= 15 is 0 Å². The second kappa shape index (κ2) is 12.0. The first-order valence-corrected chi connectivity index (χ1v) is 13.0. The van der Waals surface area contributed by atoms with Crippen molar-refractivity contribution in [3.63, 3.8) is 0 Å². The van der Waals surface area contributed by atoms with Gasteiger partial charge in [0.25, 0.3) is 0 Å². The van der Waals surface area contributed by atoms with Crippen LogP contribution in [0.25, 0.3) is 0 Å². The van der Waals surface area contributed by atoms with Gasteiger partial charge in [-0.15, -0.1) is 0 Å². The number of nitrogens with zero attached hydrogens (tertiary/aromatic N) is 4. The van der Waals surface area contributed by atoms with Gasteiger partial charge >= 0.3 is 0 Å². The van der Waals surface area contributed by atoms with Gasteiger partial charge in [0.1, 0.15) is 13.1 Å². The van der Waals surface area contributed by atoms with Crippen LogP contribution >= 0.6 is 11.6 Å². The summed E-state index contributed by atoms with van der Waals surface area (Å²) in [7, 11) is 5.93. The SMILES string of the molecule is C[N+](C)(O)CCN(CCO)c1cc(Cl)c(N(CCO)CC[N+](C)(C)O)c2c1C(=O)c1c(O)c(F)c(F)c(O)c1C2=O. The number of aliphatic hydroxyl groups excluding tert-OH is 2. The van der Waals surface area contributed by atoms with Crippen LogP contribution in [0.15, 0.2) is 6.07 Å². The highest BCUT2D eigenvalue weighted by atomic mass is 35.5. The number of aliphatic hydroxyl groups is 2. The van der Waals surface area contributed by atoms with Gasteiger partial charge in [0, 0.05) is 13.1 Å². The molecule has 3 rings (SSSR count). The van der Waals surface area contributed by atoms with Gasteiger partial charge in [-0.05, 0) is 6.07 Å². The number of quaternary nitrogens is 2. The highest BCUT2D eigenvalue weighted by molar-refractivity contribution is 6.39. The normalized spacial score (nSPS) is 13.3. The number of fused-ring (bicyclic) bond motifs is 2. The molecule has 41 heavy (non-hydrogen) atoms. The van der Waals surface area contributed by atoms with Crippen LogP contribution in [0.3, 0.4) is 0 Å². The van der Waals surface area contributed by atoms with Crippen molar-refractivity contribution in [3.05, 3.63) is 45.0 Å². The Hall–Kier alpha value is -3.11. The summed E-state index contributed by atoms with van der Waals surface area (Å²) in [6, 6.07) is 1.32. The molecule has 2 aromatic rings. The second-order valence-corrected chi connectivity index (χ2v) is 11.2. The van der Waals surface area contributed by atoms with Gasteiger partial charge in [0.15, 0.2) is 11.5 Å². The number of aromatic hydroxyl groups is 2. The third kappa shape index (κ3) is 6.54. The van der Waals surface area contributed by atoms with Crippen molar-refractivity contribution in [1.29, 1.82) is 0 Å². The van der Waals surface area contributed by atoms with Crippen LogP contribution in [0.5, 0.6) is 11.5 Å². The molecule has 0 unspecified atom stereocenters. The maximum Gasteiger partial charge on any atom is 0.205 e. The summed E-state index contributed by atoms with van der Waals surface area (Å²) in [4.78, 5) is 30.9. The predicted molar refractivity (Wildman–Crippen MR) is 144 cm³/mol. The number of ketones is 2. The van der Waals surface area contributed by atoms with Crippen molar-refractivity contribution >= 4 is 34.5 Å². The van der Waals surface area contributed by atoms with E-state index in [1.54, 1.807) is 0 Å². The first kappa shape index (κ1) is 32.4. The van der Waals surface area contributed by atoms with Gasteiger partial charge in [-0.25, -0.2) is 10.4 Å². The van der Waals surface area contributed by atoms with Crippen molar-refractivity contribution in [2.75, 3.05) is 90.5 Å². The van der Waals surface area contributed by atoms with Gasteiger partial charge in [0.2, 0.25) is 23.2 Å². The van der Waals surface area contributed by atoms with E-state index in [0.717, 1.165) is 0 Å². The first-order valence-electron chi connectivity index (χ1n) is 12.7. The van der Waals surface area contributed by atoms with E-state index in [-0.39, 0.29) is 61.2 Å². The molecule has 0 radical (unpaired) electrons. The molecule has 6 N–H and O–H groups in total. The number of carbonyl (C=O) groups excluding carboxylic acids is 2. The van der Waals surface area contributed by atoms with Crippen LogP contribution in [0.2, 0.25) is 5.02 Å². The van der Waals surface area contributed by atoms with Crippen molar-refractivity contribution in [2.24, 2.45) is 0 Å². The molecule has 1 aliphatic rings. The second-order valence-electron chi connectivity index (χ2n) is 10.8. The maximum absolute atomic E-state index is 14.5. The van der Waals surface area contributed by atoms with Crippen molar-refractivity contribution in [1.82, 2.24) is 0 Å². The topological polar surface area (TPSA) is 162 Å². The monoisotopic (exact) mass is 604 g/mol. The number of hydrogen-bond acceptors (Lipinski definition) is 10. The zero-order chi connectivity index (χ0) is 31.0. The van der Waals surface area contributed by atoms with Crippen molar-refractivity contribution in [3.8, 4) is 11.5 Å². The molecule has 0 aliphatic heterocycles. The van der Waals surface area contributed by atoms with E-state index < -0.39 is 73.9 Å². The Labute approximate surface area is 240 Å². The fourth-order valence-corrected chi connectivity index (χ4v) is 4.97. The molecule has 15 heteroatoms. The molecular weight excluding hydrogens is 570 g/mol. The number of halogens is 3. The zero-order valence-electron chi connectivity index (χ0n) is 23.2. The van der Waals surface area contributed by atoms with Crippen LogP contribution in [-0.4, -0.2) is 132 Å². The summed E-state index contributed by atoms with van der Waals surface area (Å²) in [5, 5.41) is 60.7. The van der Waals surface area contributed by atoms with E-state index in [2.05, 4.69) is 0 Å². The number of carbonyl (C=O) groups is 2. The minimum Gasteiger partial charge on any atom is -0.504 e. The Morgan fingerprint density at radius 3 is 1.59 bits per heavy atom. The molecule has 0 saturated carbocycles. The van der Waals surface area contributed by atoms with E-state index in [1.807, 2.05) is 0 Å². The largest absolute Gasteiger partial charge is 0.504 e. The third-order valence-electron chi connectivity index (χ3n) is 6.70. The number of hydroxylamine groups is 6. The summed E-state index contributed by atoms with van der Waals surface area (Å²) in [6.07, 6.45) is 0. The molecule has 0 heterocycles. The minimum absolute atomic E-state index is 0.00825. The van der Waals surface area contributed by atoms with Gasteiger partial charge in [0.05, 0.1) is 93.1 Å². The number of likely N-dealkylation sites (N-methyl/N-ethyl adjacent to an activating group) is 2. The van der Waals surface area contributed by atoms with Crippen LogP contribution in [0.4, 0.5) is 20.2 Å². The van der Waals surface area contributed by atoms with Crippen LogP contribution < -0.4 is 9.80 Å². The smallest absolute Gasteiger partial charge is 0.205 e. The van der Waals surface area contributed by atoms with E-state index in [4.69, 9.17) is 11.6 Å². The van der Waals surface area contributed by atoms with E-state index in [1.165, 1.54) is 44.1 Å². The highest BCUT2D eigenvalue weighted by Crippen LogP contribution is 2.48. The summed E-state index contributed by atoms with van der Waals surface area (Å²) in [5.41, 5.74) is -2.79. The standard InChI is InChI=1S/C26H33ClF2N4O8/c1-32(2,40)9-5-30(7-11-34)15-13-14(27)22(31(8-12-35)6-10-33(3,4)41)17-16(15)23(36)18-19(24(17)37)26(39)21(29)20(28)25(18)38/h13,34-35,40-41H,5-12H2,1-4H3/p+2. The van der Waals surface area contributed by atoms with Crippen molar-refractivity contribution < 1.29 is 58.5 Å². The number of phenols is 2. The fourth-order valence-electron chi connectivity index (χ4n) is 4.65. The lowest BCUT2D eigenvalue weighted by Crippen LogP contribution is -2.45. The third-order valence-corrected chi connectivity index (χ3v) is 6.99. The fraction of sp³-hybridized carbons (Fsp3) is 0.462. The van der Waals surface area contributed by atoms with E-state index in [0.29, 0.717) is 0 Å². The maximum atomic E-state index is 14.5. The number of hydrogen-bond donors (Lipinski definition) is 6. The molecule has 0 bridgehead atoms. The summed E-state index contributed by atoms with van der Waals surface area (Å²) >= 11 is 6.71. The van der Waals surface area contributed by atoms with Crippen LogP contribution in [-0.2, 0) is 0 Å². The molecule has 1 aliphatic carbocycles. The molecule has 0 spiro atoms. The molecule has 0 aromatic heterocycles. The Balaban J connectivity index is 2.42. The lowest BCUT2D eigenvalue weighted by atomic mass is 9.80. The number of anilines is 2. The zero-order valence-corrected chi connectivity index (χ0v) is 23.9. The lowest BCUT2D eigenvalue weighted by Gasteiger charge is -2.35. The predicted octanol–water partition coefficient (Wildman–Crippen LogP) is 1.33. The molecule has 0 atom stereocenters. The summed E-state index contributed by atoms with van der Waals surface area (Å²) in [6.45, 7) is -0.875. The van der Waals surface area contributed by atoms with Crippen LogP contribution in [0.1, 0.15) is 31.8 Å². The van der Waals surface area contributed by atoms with Gasteiger partial charge < -0.3 is 30.2 Å². The lowest BCUT2D eigenvalue weighted by molar-refractivity contribution is -1.07. The molecule has 12 nitrogen and oxygen atoms in total. The molecular formula is C26H35ClF2N4O8+2. The first-order chi connectivity index (χ1) is 18.9. The van der Waals surface area contributed by atoms with E-state index in [9.17, 15) is 49.2 Å². The summed E-state index contributed by atoms with van der Waals surface area (Å²) in [5.74, 6) is -9.06. The average Bonchev–Trinajstić information content (AvgIpc) is 2.87. The molecule has 0 amide bonds.